The zero-order chi connectivity index (χ0) is 4.50. The molecule has 132 valence electrons. The summed E-state index contributed by atoms with van der Waals surface area (Å²) in [5.41, 5.74) is 0. The summed E-state index contributed by atoms with van der Waals surface area (Å²) in [7, 11) is -4.64. The zero-order valence-corrected chi connectivity index (χ0v) is 15.1. The van der Waals surface area contributed by atoms with Crippen molar-refractivity contribution in [1.82, 2.24) is 0 Å². The molecule has 0 saturated carbocycles. The van der Waals surface area contributed by atoms with E-state index in [9.17, 15) is 0 Å². The Morgan fingerprint density at radius 3 is 0.474 bits per heavy atom. The maximum atomic E-state index is 8.88. The molecule has 0 fully saturated rings. The predicted molar refractivity (Wildman–Crippen MR) is 59.9 cm³/mol. The molecule has 0 aliphatic heterocycles. The van der Waals surface area contributed by atoms with Gasteiger partial charge in [-0.3, -0.25) is 0 Å². The van der Waals surface area contributed by atoms with E-state index in [2.05, 4.69) is 0 Å². The fourth-order valence-corrected chi connectivity index (χ4v) is 0. The fraction of sp³-hybridized carbons (Fsp3) is 0. The van der Waals surface area contributed by atoms with Crippen LogP contribution in [0, 0.1) is 0 Å². The first-order valence-electron chi connectivity index (χ1n) is 0.783. The van der Waals surface area contributed by atoms with Gasteiger partial charge in [0, 0.05) is 0 Å². The van der Waals surface area contributed by atoms with Gasteiger partial charge in [-0.2, -0.15) is 0 Å². The van der Waals surface area contributed by atoms with Crippen molar-refractivity contribution in [3.8, 4) is 0 Å². The van der Waals surface area contributed by atoms with Crippen LogP contribution in [0.4, 0.5) is 0 Å². The van der Waals surface area contributed by atoms with E-state index in [1.165, 1.54) is 0 Å². The second-order valence-corrected chi connectivity index (χ2v) is 1.54. The number of rotatable bonds is 0. The Balaban J connectivity index is -0.000000000667. The first-order valence-corrected chi connectivity index (χ1v) is 2.35. The van der Waals surface area contributed by atoms with Gasteiger partial charge in [0.05, 0.1) is 0 Å². The SMILES string of the molecule is O.O.O.O.O.O.O.O.O.O.O.O.O=P(O)(O)O.[H-].[H-].[Na+].[Na+]. The summed E-state index contributed by atoms with van der Waals surface area (Å²) in [6.45, 7) is 0. The number of hydrogen-bond donors (Lipinski definition) is 3. The van der Waals surface area contributed by atoms with Crippen molar-refractivity contribution < 1.29 is 147 Å². The molecule has 0 aromatic heterocycles. The largest absolute Gasteiger partial charge is 1.00 e. The molecule has 27 N–H and O–H groups in total. The van der Waals surface area contributed by atoms with Crippen LogP contribution in [-0.2, 0) is 4.57 Å². The second-order valence-electron chi connectivity index (χ2n) is 0.513. The monoisotopic (exact) mass is 362 g/mol. The second kappa shape index (κ2) is 117. The molecular weight excluding hydrogens is 333 g/mol. The third-order valence-electron chi connectivity index (χ3n) is 0. The molecule has 19 heteroatoms. The predicted octanol–water partition coefficient (Wildman–Crippen LogP) is -16.6. The van der Waals surface area contributed by atoms with E-state index < -0.39 is 7.82 Å². The molecular formula is H29Na2O16P. The van der Waals surface area contributed by atoms with E-state index in [-0.39, 0.29) is 128 Å². The van der Waals surface area contributed by atoms with Crippen LogP contribution < -0.4 is 59.1 Å². The van der Waals surface area contributed by atoms with Crippen molar-refractivity contribution in [3.05, 3.63) is 0 Å². The molecule has 0 atom stereocenters. The maximum absolute atomic E-state index is 8.88. The standard InChI is InChI=1S/2Na.H3O4P.12H2O.2H/c;;1-5(2,3)4;;;;;;;;;;;;;;/h;;(H3,1,2,3,4);12*1H2;;/q2*+1;;;;;;;;;;;;;;2*-1. The van der Waals surface area contributed by atoms with Crippen molar-refractivity contribution in [2.24, 2.45) is 0 Å². The molecule has 0 heterocycles. The molecule has 0 amide bonds. The van der Waals surface area contributed by atoms with Crippen LogP contribution in [-0.4, -0.2) is 80.4 Å². The van der Waals surface area contributed by atoms with Crippen molar-refractivity contribution in [3.63, 3.8) is 0 Å². The first-order chi connectivity index (χ1) is 2.00. The summed E-state index contributed by atoms with van der Waals surface area (Å²) in [6.07, 6.45) is 0. The molecule has 0 aromatic rings. The normalized spacial score (nSPS) is 3.11. The minimum Gasteiger partial charge on any atom is -1.00 e. The van der Waals surface area contributed by atoms with Crippen molar-refractivity contribution in [2.75, 3.05) is 0 Å². The third kappa shape index (κ3) is 2300. The van der Waals surface area contributed by atoms with Crippen LogP contribution in [0.25, 0.3) is 0 Å². The van der Waals surface area contributed by atoms with Gasteiger partial charge in [0.25, 0.3) is 0 Å². The van der Waals surface area contributed by atoms with Gasteiger partial charge in [0.15, 0.2) is 0 Å². The van der Waals surface area contributed by atoms with Gasteiger partial charge in [-0.15, -0.1) is 0 Å². The van der Waals surface area contributed by atoms with Crippen LogP contribution in [0.1, 0.15) is 2.85 Å². The zero-order valence-electron chi connectivity index (χ0n) is 12.2. The Morgan fingerprint density at radius 2 is 0.474 bits per heavy atom. The third-order valence-corrected chi connectivity index (χ3v) is 0. The molecule has 0 aliphatic rings. The summed E-state index contributed by atoms with van der Waals surface area (Å²) in [6, 6.07) is 0. The molecule has 0 spiro atoms. The van der Waals surface area contributed by atoms with Crippen molar-refractivity contribution in [1.29, 1.82) is 0 Å². The van der Waals surface area contributed by atoms with E-state index in [0.29, 0.717) is 0 Å². The molecule has 0 aliphatic carbocycles. The minimum absolute atomic E-state index is 0. The molecule has 0 rings (SSSR count). The van der Waals surface area contributed by atoms with Crippen LogP contribution >= 0.6 is 7.82 Å². The summed E-state index contributed by atoms with van der Waals surface area (Å²) >= 11 is 0. The van der Waals surface area contributed by atoms with E-state index >= 15 is 0 Å². The summed E-state index contributed by atoms with van der Waals surface area (Å²) in [4.78, 5) is 21.6. The smallest absolute Gasteiger partial charge is 1.00 e. The van der Waals surface area contributed by atoms with Gasteiger partial charge in [0.2, 0.25) is 0 Å². The van der Waals surface area contributed by atoms with E-state index in [0.717, 1.165) is 0 Å². The molecule has 0 bridgehead atoms. The van der Waals surface area contributed by atoms with E-state index in [1.54, 1.807) is 0 Å². The first kappa shape index (κ1) is 251. The Morgan fingerprint density at radius 1 is 0.474 bits per heavy atom. The van der Waals surface area contributed by atoms with Gasteiger partial charge >= 0.3 is 66.9 Å². The molecule has 16 nitrogen and oxygen atoms in total. The average molecular weight is 362 g/mol. The Hall–Kier alpha value is 1.63. The molecule has 19 heavy (non-hydrogen) atoms. The summed E-state index contributed by atoms with van der Waals surface area (Å²) in [5, 5.41) is 0. The topological polar surface area (TPSA) is 456 Å². The Labute approximate surface area is 154 Å². The number of phosphoric acid groups is 1. The van der Waals surface area contributed by atoms with Crippen LogP contribution in [0.5, 0.6) is 0 Å². The molecule has 0 saturated heterocycles. The Kier molecular flexibility index (Phi) is 1540. The maximum Gasteiger partial charge on any atom is 1.00 e. The van der Waals surface area contributed by atoms with Crippen LogP contribution in [0.3, 0.4) is 0 Å². The average Bonchev–Trinajstić information content (AvgIpc) is 0.722. The molecule has 0 radical (unpaired) electrons. The Bertz CT molecular complexity index is 70.4. The summed E-state index contributed by atoms with van der Waals surface area (Å²) < 4.78 is 8.88. The van der Waals surface area contributed by atoms with Gasteiger partial charge in [-0.05, 0) is 0 Å². The summed E-state index contributed by atoms with van der Waals surface area (Å²) in [5.74, 6) is 0. The van der Waals surface area contributed by atoms with Gasteiger partial charge in [0.1, 0.15) is 0 Å². The fourth-order valence-electron chi connectivity index (χ4n) is 0. The van der Waals surface area contributed by atoms with Gasteiger partial charge in [-0.25, -0.2) is 4.57 Å². The van der Waals surface area contributed by atoms with Crippen molar-refractivity contribution >= 4 is 7.82 Å². The van der Waals surface area contributed by atoms with Crippen molar-refractivity contribution in [2.45, 2.75) is 0 Å². The van der Waals surface area contributed by atoms with Crippen LogP contribution in [0.2, 0.25) is 0 Å². The number of hydrogen-bond acceptors (Lipinski definition) is 1. The quantitative estimate of drug-likeness (QED) is 0.278. The van der Waals surface area contributed by atoms with E-state index in [1.807, 2.05) is 0 Å². The minimum atomic E-state index is -4.64. The van der Waals surface area contributed by atoms with Gasteiger partial charge < -0.3 is 83.2 Å². The van der Waals surface area contributed by atoms with E-state index in [4.69, 9.17) is 19.2 Å². The van der Waals surface area contributed by atoms with Gasteiger partial charge in [-0.1, -0.05) is 0 Å². The van der Waals surface area contributed by atoms with Crippen LogP contribution in [0.15, 0.2) is 0 Å². The molecule has 0 aromatic carbocycles. The molecule has 0 unspecified atom stereocenters.